The van der Waals surface area contributed by atoms with Gasteiger partial charge in [0.05, 0.1) is 11.5 Å². The van der Waals surface area contributed by atoms with Gasteiger partial charge in [-0.3, -0.25) is 9.63 Å². The van der Waals surface area contributed by atoms with Crippen LogP contribution in [0.5, 0.6) is 0 Å². The number of amides is 1. The van der Waals surface area contributed by atoms with Gasteiger partial charge in [0.25, 0.3) is 5.91 Å². The maximum Gasteiger partial charge on any atom is 0.274 e. The van der Waals surface area contributed by atoms with Gasteiger partial charge in [-0.05, 0) is 63.0 Å². The fourth-order valence-corrected chi connectivity index (χ4v) is 4.91. The molecule has 3 rings (SSSR count). The van der Waals surface area contributed by atoms with Crippen LogP contribution >= 0.6 is 0 Å². The third-order valence-corrected chi connectivity index (χ3v) is 6.86. The summed E-state index contributed by atoms with van der Waals surface area (Å²) in [6.45, 7) is 4.54. The van der Waals surface area contributed by atoms with Crippen LogP contribution in [0.25, 0.3) is 0 Å². The van der Waals surface area contributed by atoms with E-state index in [0.29, 0.717) is 25.3 Å². The lowest BCUT2D eigenvalue weighted by Gasteiger charge is -2.25. The highest BCUT2D eigenvalue weighted by Crippen LogP contribution is 2.21. The zero-order valence-corrected chi connectivity index (χ0v) is 15.8. The minimum atomic E-state index is -3.45. The molecule has 2 saturated heterocycles. The lowest BCUT2D eigenvalue weighted by atomic mass is 10.1. The van der Waals surface area contributed by atoms with Crippen molar-refractivity contribution in [1.82, 2.24) is 14.7 Å². The van der Waals surface area contributed by atoms with E-state index < -0.39 is 10.0 Å². The van der Waals surface area contributed by atoms with Gasteiger partial charge < -0.3 is 4.90 Å². The summed E-state index contributed by atoms with van der Waals surface area (Å²) in [6, 6.07) is 6.01. The molecule has 1 N–H and O–H groups in total. The molecule has 0 aliphatic carbocycles. The number of sulfonamides is 1. The van der Waals surface area contributed by atoms with Crippen molar-refractivity contribution in [2.45, 2.75) is 37.0 Å². The second kappa shape index (κ2) is 8.94. The molecule has 7 nitrogen and oxygen atoms in total. The molecule has 2 aliphatic rings. The van der Waals surface area contributed by atoms with Crippen molar-refractivity contribution in [3.05, 3.63) is 29.8 Å². The highest BCUT2D eigenvalue weighted by Gasteiger charge is 2.27. The van der Waals surface area contributed by atoms with E-state index >= 15 is 0 Å². The van der Waals surface area contributed by atoms with E-state index in [1.807, 2.05) is 0 Å². The average molecular weight is 381 g/mol. The third kappa shape index (κ3) is 4.82. The SMILES string of the molecule is O=C(NOCCN1CCCCC1)c1ccc(S(=O)(=O)N2CCCC2)cc1. The van der Waals surface area contributed by atoms with Crippen molar-refractivity contribution in [1.29, 1.82) is 0 Å². The molecule has 8 heteroatoms. The largest absolute Gasteiger partial charge is 0.301 e. The monoisotopic (exact) mass is 381 g/mol. The number of piperidine rings is 1. The normalized spacial score (nSPS) is 19.5. The third-order valence-electron chi connectivity index (χ3n) is 4.94. The molecule has 2 aliphatic heterocycles. The van der Waals surface area contributed by atoms with Crippen molar-refractivity contribution in [2.24, 2.45) is 0 Å². The van der Waals surface area contributed by atoms with Crippen LogP contribution in [0.1, 0.15) is 42.5 Å². The number of nitrogens with one attached hydrogen (secondary N) is 1. The van der Waals surface area contributed by atoms with Gasteiger partial charge >= 0.3 is 0 Å². The average Bonchev–Trinajstić information content (AvgIpc) is 3.22. The smallest absolute Gasteiger partial charge is 0.274 e. The van der Waals surface area contributed by atoms with Crippen LogP contribution in [0.15, 0.2) is 29.2 Å². The van der Waals surface area contributed by atoms with Gasteiger partial charge in [0.1, 0.15) is 0 Å². The number of hydrogen-bond donors (Lipinski definition) is 1. The minimum absolute atomic E-state index is 0.224. The number of benzene rings is 1. The molecule has 0 bridgehead atoms. The highest BCUT2D eigenvalue weighted by molar-refractivity contribution is 7.89. The second-order valence-corrected chi connectivity index (χ2v) is 8.76. The molecule has 1 aromatic carbocycles. The van der Waals surface area contributed by atoms with Gasteiger partial charge in [0.2, 0.25) is 10.0 Å². The molecule has 0 aromatic heterocycles. The van der Waals surface area contributed by atoms with Crippen molar-refractivity contribution >= 4 is 15.9 Å². The summed E-state index contributed by atoms with van der Waals surface area (Å²) < 4.78 is 26.4. The van der Waals surface area contributed by atoms with Gasteiger partial charge in [-0.2, -0.15) is 4.31 Å². The van der Waals surface area contributed by atoms with Gasteiger partial charge in [-0.1, -0.05) is 6.42 Å². The first kappa shape index (κ1) is 19.3. The maximum absolute atomic E-state index is 12.5. The van der Waals surface area contributed by atoms with E-state index in [1.165, 1.54) is 47.8 Å². The maximum atomic E-state index is 12.5. The van der Waals surface area contributed by atoms with Crippen LogP contribution in [-0.4, -0.2) is 62.9 Å². The highest BCUT2D eigenvalue weighted by atomic mass is 32.2. The Morgan fingerprint density at radius 1 is 0.962 bits per heavy atom. The molecule has 0 atom stereocenters. The molecule has 144 valence electrons. The number of rotatable bonds is 7. The van der Waals surface area contributed by atoms with Gasteiger partial charge in [-0.25, -0.2) is 13.9 Å². The van der Waals surface area contributed by atoms with E-state index in [2.05, 4.69) is 10.4 Å². The molecule has 2 fully saturated rings. The van der Waals surface area contributed by atoms with E-state index in [1.54, 1.807) is 0 Å². The molecular formula is C18H27N3O4S. The van der Waals surface area contributed by atoms with Crippen LogP contribution in [0.3, 0.4) is 0 Å². The van der Waals surface area contributed by atoms with E-state index in [9.17, 15) is 13.2 Å². The first-order valence-corrected chi connectivity index (χ1v) is 10.8. The Morgan fingerprint density at radius 3 is 2.23 bits per heavy atom. The minimum Gasteiger partial charge on any atom is -0.301 e. The van der Waals surface area contributed by atoms with Crippen LogP contribution in [0.4, 0.5) is 0 Å². The first-order valence-electron chi connectivity index (χ1n) is 9.32. The Labute approximate surface area is 155 Å². The molecule has 2 heterocycles. The molecule has 0 unspecified atom stereocenters. The van der Waals surface area contributed by atoms with Crippen molar-refractivity contribution in [3.63, 3.8) is 0 Å². The summed E-state index contributed by atoms with van der Waals surface area (Å²) in [5, 5.41) is 0. The Balaban J connectivity index is 1.47. The van der Waals surface area contributed by atoms with Crippen molar-refractivity contribution in [3.8, 4) is 0 Å². The predicted molar refractivity (Wildman–Crippen MR) is 98.1 cm³/mol. The van der Waals surface area contributed by atoms with E-state index in [4.69, 9.17) is 4.84 Å². The summed E-state index contributed by atoms with van der Waals surface area (Å²) in [6.07, 6.45) is 5.53. The zero-order chi connectivity index (χ0) is 18.4. The lowest BCUT2D eigenvalue weighted by molar-refractivity contribution is 0.0206. The Kier molecular flexibility index (Phi) is 6.63. The molecule has 26 heavy (non-hydrogen) atoms. The number of nitrogens with zero attached hydrogens (tertiary/aromatic N) is 2. The van der Waals surface area contributed by atoms with Crippen LogP contribution in [-0.2, 0) is 14.9 Å². The first-order chi connectivity index (χ1) is 12.6. The summed E-state index contributed by atoms with van der Waals surface area (Å²) in [5.41, 5.74) is 2.80. The zero-order valence-electron chi connectivity index (χ0n) is 15.0. The number of likely N-dealkylation sites (tertiary alicyclic amines) is 1. The Hall–Kier alpha value is -1.48. The molecule has 0 saturated carbocycles. The quantitative estimate of drug-likeness (QED) is 0.574. The summed E-state index contributed by atoms with van der Waals surface area (Å²) in [4.78, 5) is 19.9. The Morgan fingerprint density at radius 2 is 1.58 bits per heavy atom. The Bertz CT molecular complexity index is 694. The van der Waals surface area contributed by atoms with Gasteiger partial charge in [0.15, 0.2) is 0 Å². The topological polar surface area (TPSA) is 79.0 Å². The van der Waals surface area contributed by atoms with Crippen LogP contribution in [0.2, 0.25) is 0 Å². The van der Waals surface area contributed by atoms with E-state index in [0.717, 1.165) is 32.5 Å². The number of hydrogen-bond acceptors (Lipinski definition) is 5. The summed E-state index contributed by atoms with van der Waals surface area (Å²) in [7, 11) is -3.45. The lowest BCUT2D eigenvalue weighted by Crippen LogP contribution is -2.35. The molecule has 0 spiro atoms. The van der Waals surface area contributed by atoms with Gasteiger partial charge in [-0.15, -0.1) is 0 Å². The van der Waals surface area contributed by atoms with E-state index in [-0.39, 0.29) is 10.8 Å². The number of carbonyl (C=O) groups is 1. The van der Waals surface area contributed by atoms with Crippen molar-refractivity contribution < 1.29 is 18.0 Å². The summed E-state index contributed by atoms with van der Waals surface area (Å²) in [5.74, 6) is -0.367. The standard InChI is InChI=1S/C18H27N3O4S/c22-18(19-25-15-14-20-10-2-1-3-11-20)16-6-8-17(9-7-16)26(23,24)21-12-4-5-13-21/h6-9H,1-5,10-15H2,(H,19,22). The molecule has 1 aromatic rings. The number of carbonyl (C=O) groups excluding carboxylic acids is 1. The van der Waals surface area contributed by atoms with Crippen LogP contribution < -0.4 is 5.48 Å². The fourth-order valence-electron chi connectivity index (χ4n) is 3.39. The number of hydroxylamine groups is 1. The molecule has 0 radical (unpaired) electrons. The predicted octanol–water partition coefficient (Wildman–Crippen LogP) is 1.62. The van der Waals surface area contributed by atoms with Crippen LogP contribution in [0, 0.1) is 0 Å². The van der Waals surface area contributed by atoms with Gasteiger partial charge in [0, 0.05) is 25.2 Å². The molecule has 1 amide bonds. The molecular weight excluding hydrogens is 354 g/mol. The van der Waals surface area contributed by atoms with Crippen molar-refractivity contribution in [2.75, 3.05) is 39.3 Å². The summed E-state index contributed by atoms with van der Waals surface area (Å²) >= 11 is 0. The fraction of sp³-hybridized carbons (Fsp3) is 0.611. The second-order valence-electron chi connectivity index (χ2n) is 6.82.